The molecule has 0 spiro atoms. The molecule has 1 saturated heterocycles. The van der Waals surface area contributed by atoms with Gasteiger partial charge >= 0.3 is 0 Å². The predicted octanol–water partition coefficient (Wildman–Crippen LogP) is 1.01. The van der Waals surface area contributed by atoms with E-state index in [4.69, 9.17) is 0 Å². The number of carbonyl (C=O) groups excluding carboxylic acids is 1. The first-order valence-corrected chi connectivity index (χ1v) is 13.0. The molecule has 1 aliphatic heterocycles. The Bertz CT molecular complexity index is 1150. The maximum atomic E-state index is 12.9. The summed E-state index contributed by atoms with van der Waals surface area (Å²) in [5, 5.41) is 3.64. The van der Waals surface area contributed by atoms with Crippen LogP contribution >= 0.6 is 0 Å². The van der Waals surface area contributed by atoms with Crippen LogP contribution in [-0.2, 0) is 37.8 Å². The summed E-state index contributed by atoms with van der Waals surface area (Å²) in [5.74, 6) is -0.281. The van der Waals surface area contributed by atoms with E-state index in [9.17, 15) is 21.6 Å². The number of rotatable bonds is 10. The average molecular weight is 479 g/mol. The maximum absolute atomic E-state index is 12.9. The van der Waals surface area contributed by atoms with Crippen LogP contribution in [0.25, 0.3) is 0 Å². The highest BCUT2D eigenvalue weighted by atomic mass is 32.2. The van der Waals surface area contributed by atoms with E-state index in [-0.39, 0.29) is 36.2 Å². The molecule has 1 fully saturated rings. The molecule has 1 amide bonds. The van der Waals surface area contributed by atoms with E-state index in [0.717, 1.165) is 11.0 Å². The van der Waals surface area contributed by atoms with Crippen molar-refractivity contribution in [3.8, 4) is 0 Å². The van der Waals surface area contributed by atoms with Crippen LogP contribution in [0, 0.1) is 5.92 Å². The first-order chi connectivity index (χ1) is 15.2. The van der Waals surface area contributed by atoms with Crippen molar-refractivity contribution in [1.82, 2.24) is 19.3 Å². The Labute approximate surface area is 188 Å². The molecule has 1 aliphatic rings. The summed E-state index contributed by atoms with van der Waals surface area (Å²) in [4.78, 5) is 16.3. The second-order valence-electron chi connectivity index (χ2n) is 7.54. The number of hydrogen-bond donors (Lipinski definition) is 2. The molecule has 1 aromatic carbocycles. The van der Waals surface area contributed by atoms with Crippen molar-refractivity contribution in [1.29, 1.82) is 0 Å². The van der Waals surface area contributed by atoms with Crippen molar-refractivity contribution in [2.24, 2.45) is 5.92 Å². The van der Waals surface area contributed by atoms with Gasteiger partial charge in [0.2, 0.25) is 26.0 Å². The van der Waals surface area contributed by atoms with Gasteiger partial charge in [-0.1, -0.05) is 24.8 Å². The summed E-state index contributed by atoms with van der Waals surface area (Å²) in [6.45, 7) is 4.33. The van der Waals surface area contributed by atoms with E-state index >= 15 is 0 Å². The van der Waals surface area contributed by atoms with E-state index in [1.807, 2.05) is 6.07 Å². The molecule has 172 valence electrons. The number of nitrogens with one attached hydrogen (secondary N) is 2. The molecule has 9 nitrogen and oxygen atoms in total. The van der Waals surface area contributed by atoms with E-state index in [1.54, 1.807) is 30.6 Å². The second kappa shape index (κ2) is 10.3. The minimum Gasteiger partial charge on any atom is -0.352 e. The van der Waals surface area contributed by atoms with E-state index in [0.29, 0.717) is 25.1 Å². The Kier molecular flexibility index (Phi) is 7.77. The number of carbonyl (C=O) groups is 1. The summed E-state index contributed by atoms with van der Waals surface area (Å²) in [5.41, 5.74) is 1.59. The summed E-state index contributed by atoms with van der Waals surface area (Å²) in [7, 11) is -7.23. The highest BCUT2D eigenvalue weighted by Crippen LogP contribution is 2.24. The molecule has 0 radical (unpaired) electrons. The van der Waals surface area contributed by atoms with Gasteiger partial charge in [-0.15, -0.1) is 0 Å². The summed E-state index contributed by atoms with van der Waals surface area (Å²) in [6.07, 6.45) is 4.04. The molecular formula is C21H26N4O5S2. The molecule has 2 aromatic rings. The number of nitrogens with zero attached hydrogens (tertiary/aromatic N) is 2. The summed E-state index contributed by atoms with van der Waals surface area (Å²) in [6, 6.07) is 9.90. The van der Waals surface area contributed by atoms with Crippen molar-refractivity contribution in [3.63, 3.8) is 0 Å². The fourth-order valence-electron chi connectivity index (χ4n) is 3.35. The number of benzene rings is 1. The molecule has 11 heteroatoms. The Balaban J connectivity index is 1.54. The Hall–Kier alpha value is -2.60. The number of aromatic nitrogens is 1. The van der Waals surface area contributed by atoms with Gasteiger partial charge in [-0.2, -0.15) is 4.31 Å². The molecular weight excluding hydrogens is 452 g/mol. The van der Waals surface area contributed by atoms with Gasteiger partial charge in [-0.3, -0.25) is 9.78 Å². The van der Waals surface area contributed by atoms with Crippen LogP contribution < -0.4 is 10.0 Å². The van der Waals surface area contributed by atoms with Gasteiger partial charge in [0.15, 0.2) is 0 Å². The quantitative estimate of drug-likeness (QED) is 0.525. The lowest BCUT2D eigenvalue weighted by atomic mass is 10.1. The molecule has 1 atom stereocenters. The van der Waals surface area contributed by atoms with Crippen LogP contribution in [0.2, 0.25) is 0 Å². The van der Waals surface area contributed by atoms with Crippen LogP contribution in [0.3, 0.4) is 0 Å². The molecule has 0 unspecified atom stereocenters. The minimum atomic E-state index is -3.69. The highest BCUT2D eigenvalue weighted by Gasteiger charge is 2.32. The Morgan fingerprint density at radius 1 is 1.16 bits per heavy atom. The molecule has 1 aromatic heterocycles. The fraction of sp³-hybridized carbons (Fsp3) is 0.333. The zero-order valence-corrected chi connectivity index (χ0v) is 19.1. The first kappa shape index (κ1) is 24.1. The van der Waals surface area contributed by atoms with E-state index in [1.165, 1.54) is 16.4 Å². The van der Waals surface area contributed by atoms with Crippen molar-refractivity contribution < 1.29 is 21.6 Å². The third-order valence-corrected chi connectivity index (χ3v) is 8.07. The number of pyridine rings is 1. The van der Waals surface area contributed by atoms with E-state index < -0.39 is 20.0 Å². The monoisotopic (exact) mass is 478 g/mol. The lowest BCUT2D eigenvalue weighted by Gasteiger charge is -2.17. The van der Waals surface area contributed by atoms with Gasteiger partial charge in [0.25, 0.3) is 0 Å². The highest BCUT2D eigenvalue weighted by molar-refractivity contribution is 7.92. The number of sulfonamides is 2. The largest absolute Gasteiger partial charge is 0.352 e. The number of amides is 1. The molecule has 32 heavy (non-hydrogen) atoms. The van der Waals surface area contributed by atoms with Crippen LogP contribution in [0.1, 0.15) is 17.5 Å². The van der Waals surface area contributed by atoms with E-state index in [2.05, 4.69) is 21.6 Å². The first-order valence-electron chi connectivity index (χ1n) is 10.1. The molecule has 3 rings (SSSR count). The van der Waals surface area contributed by atoms with Gasteiger partial charge < -0.3 is 5.32 Å². The average Bonchev–Trinajstić information content (AvgIpc) is 3.28. The third kappa shape index (κ3) is 6.45. The number of hydrogen-bond acceptors (Lipinski definition) is 6. The summed E-state index contributed by atoms with van der Waals surface area (Å²) >= 11 is 0. The third-order valence-electron chi connectivity index (χ3n) is 5.18. The zero-order valence-electron chi connectivity index (χ0n) is 17.5. The van der Waals surface area contributed by atoms with Gasteiger partial charge in [-0.05, 0) is 41.7 Å². The van der Waals surface area contributed by atoms with Gasteiger partial charge in [0.1, 0.15) is 0 Å². The smallest absolute Gasteiger partial charge is 0.243 e. The predicted molar refractivity (Wildman–Crippen MR) is 120 cm³/mol. The molecule has 0 aliphatic carbocycles. The van der Waals surface area contributed by atoms with Crippen molar-refractivity contribution in [2.75, 3.05) is 19.6 Å². The van der Waals surface area contributed by atoms with Crippen LogP contribution in [-0.4, -0.2) is 51.7 Å². The summed E-state index contributed by atoms with van der Waals surface area (Å²) < 4.78 is 52.6. The fourth-order valence-corrected chi connectivity index (χ4v) is 5.47. The van der Waals surface area contributed by atoms with Crippen LogP contribution in [0.4, 0.5) is 0 Å². The second-order valence-corrected chi connectivity index (χ2v) is 11.2. The normalized spacial score (nSPS) is 17.2. The SMILES string of the molecule is C=CS(=O)(=O)NC[C@H]1CCN(S(=O)(=O)c2ccc(CC(=O)NCc3cccnc3)cc2)C1. The maximum Gasteiger partial charge on any atom is 0.243 e. The standard InChI is InChI=1S/C21H26N4O5S2/c1-2-31(27,28)24-15-19-9-11-25(16-19)32(29,30)20-7-5-17(6-8-20)12-21(26)23-14-18-4-3-10-22-13-18/h2-8,10,13,19,24H,1,9,11-12,14-16H2,(H,23,26)/t19-/m1/s1. The van der Waals surface area contributed by atoms with Gasteiger partial charge in [0, 0.05) is 44.0 Å². The molecule has 2 heterocycles. The minimum absolute atomic E-state index is 0.109. The van der Waals surface area contributed by atoms with Crippen LogP contribution in [0.5, 0.6) is 0 Å². The van der Waals surface area contributed by atoms with Crippen LogP contribution in [0.15, 0.2) is 65.7 Å². The van der Waals surface area contributed by atoms with Gasteiger partial charge in [0.05, 0.1) is 11.3 Å². The topological polar surface area (TPSA) is 126 Å². The lowest BCUT2D eigenvalue weighted by molar-refractivity contribution is -0.120. The molecule has 0 bridgehead atoms. The van der Waals surface area contributed by atoms with Gasteiger partial charge in [-0.25, -0.2) is 21.6 Å². The molecule has 0 saturated carbocycles. The Morgan fingerprint density at radius 3 is 2.56 bits per heavy atom. The molecule has 2 N–H and O–H groups in total. The van der Waals surface area contributed by atoms with Crippen molar-refractivity contribution in [3.05, 3.63) is 71.9 Å². The Morgan fingerprint density at radius 2 is 1.91 bits per heavy atom. The van der Waals surface area contributed by atoms with Crippen molar-refractivity contribution >= 4 is 26.0 Å². The zero-order chi connectivity index (χ0) is 23.2. The van der Waals surface area contributed by atoms with Crippen molar-refractivity contribution in [2.45, 2.75) is 24.3 Å². The lowest BCUT2D eigenvalue weighted by Crippen LogP contribution is -2.32.